The van der Waals surface area contributed by atoms with Gasteiger partial charge in [-0.15, -0.1) is 0 Å². The standard InChI is InChI=1S/C16H26O4/c1-8-9(2)14-5-13(8)11-3-4-12(15(11)14)16(19)20-7-10(18)6-17/h8-15,17-18H,3-7H2,1-2H3. The lowest BCUT2D eigenvalue weighted by atomic mass is 9.69. The molecule has 0 aliphatic heterocycles. The third-order valence-corrected chi connectivity index (χ3v) is 6.47. The molecule has 0 spiro atoms. The Bertz CT molecular complexity index is 383. The van der Waals surface area contributed by atoms with Crippen LogP contribution in [-0.2, 0) is 9.53 Å². The van der Waals surface area contributed by atoms with Crippen LogP contribution in [0.2, 0.25) is 0 Å². The van der Waals surface area contributed by atoms with Crippen molar-refractivity contribution in [3.05, 3.63) is 0 Å². The van der Waals surface area contributed by atoms with E-state index < -0.39 is 6.10 Å². The molecule has 20 heavy (non-hydrogen) atoms. The maximum absolute atomic E-state index is 12.3. The molecule has 3 rings (SSSR count). The molecule has 0 radical (unpaired) electrons. The van der Waals surface area contributed by atoms with Crippen molar-refractivity contribution in [1.82, 2.24) is 0 Å². The molecule has 0 aromatic heterocycles. The predicted octanol–water partition coefficient (Wildman–Crippen LogP) is 1.45. The van der Waals surface area contributed by atoms with Gasteiger partial charge in [-0.1, -0.05) is 13.8 Å². The highest BCUT2D eigenvalue weighted by atomic mass is 16.5. The summed E-state index contributed by atoms with van der Waals surface area (Å²) < 4.78 is 5.21. The van der Waals surface area contributed by atoms with Gasteiger partial charge < -0.3 is 14.9 Å². The van der Waals surface area contributed by atoms with Gasteiger partial charge >= 0.3 is 5.97 Å². The summed E-state index contributed by atoms with van der Waals surface area (Å²) in [6.45, 7) is 4.27. The molecule has 3 aliphatic carbocycles. The van der Waals surface area contributed by atoms with Crippen molar-refractivity contribution in [2.75, 3.05) is 13.2 Å². The van der Waals surface area contributed by atoms with Gasteiger partial charge in [0.05, 0.1) is 12.5 Å². The summed E-state index contributed by atoms with van der Waals surface area (Å²) in [6.07, 6.45) is 2.44. The van der Waals surface area contributed by atoms with Gasteiger partial charge in [-0.2, -0.15) is 0 Å². The number of fused-ring (bicyclic) bond motifs is 5. The number of rotatable bonds is 4. The second-order valence-corrected chi connectivity index (χ2v) is 7.17. The first-order valence-corrected chi connectivity index (χ1v) is 8.00. The topological polar surface area (TPSA) is 66.8 Å². The molecule has 0 aromatic carbocycles. The van der Waals surface area contributed by atoms with Crippen LogP contribution in [0.5, 0.6) is 0 Å². The highest BCUT2D eigenvalue weighted by Gasteiger charge is 2.60. The van der Waals surface area contributed by atoms with E-state index in [1.807, 2.05) is 0 Å². The van der Waals surface area contributed by atoms with E-state index in [9.17, 15) is 9.90 Å². The normalized spacial score (nSPS) is 47.3. The Labute approximate surface area is 120 Å². The number of carbonyl (C=O) groups excluding carboxylic acids is 1. The SMILES string of the molecule is CC1C(C)C2CC1C1CCC(C(=O)OCC(O)CO)C21. The minimum atomic E-state index is -0.949. The number of aliphatic hydroxyl groups excluding tert-OH is 2. The van der Waals surface area contributed by atoms with E-state index in [1.54, 1.807) is 0 Å². The summed E-state index contributed by atoms with van der Waals surface area (Å²) in [6, 6.07) is 0. The van der Waals surface area contributed by atoms with Crippen LogP contribution in [0, 0.1) is 41.4 Å². The molecule has 3 aliphatic rings. The highest BCUT2D eigenvalue weighted by molar-refractivity contribution is 5.73. The van der Waals surface area contributed by atoms with Crippen LogP contribution in [0.3, 0.4) is 0 Å². The molecule has 2 bridgehead atoms. The van der Waals surface area contributed by atoms with Crippen molar-refractivity contribution in [1.29, 1.82) is 0 Å². The summed E-state index contributed by atoms with van der Waals surface area (Å²) in [5.74, 6) is 4.10. The molecule has 114 valence electrons. The van der Waals surface area contributed by atoms with Crippen molar-refractivity contribution in [2.45, 2.75) is 39.2 Å². The van der Waals surface area contributed by atoms with E-state index >= 15 is 0 Å². The summed E-state index contributed by atoms with van der Waals surface area (Å²) in [7, 11) is 0. The Hall–Kier alpha value is -0.610. The summed E-state index contributed by atoms with van der Waals surface area (Å²) in [5.41, 5.74) is 0. The van der Waals surface area contributed by atoms with Crippen LogP contribution in [-0.4, -0.2) is 35.5 Å². The lowest BCUT2D eigenvalue weighted by molar-refractivity contribution is -0.154. The van der Waals surface area contributed by atoms with E-state index in [0.29, 0.717) is 17.8 Å². The van der Waals surface area contributed by atoms with E-state index in [1.165, 1.54) is 6.42 Å². The summed E-state index contributed by atoms with van der Waals surface area (Å²) >= 11 is 0. The van der Waals surface area contributed by atoms with Crippen LogP contribution < -0.4 is 0 Å². The molecular formula is C16H26O4. The Balaban J connectivity index is 1.64. The fourth-order valence-corrected chi connectivity index (χ4v) is 5.38. The van der Waals surface area contributed by atoms with Gasteiger partial charge in [0, 0.05) is 0 Å². The first-order chi connectivity index (χ1) is 9.54. The number of esters is 1. The van der Waals surface area contributed by atoms with Gasteiger partial charge in [0.1, 0.15) is 12.7 Å². The number of hydrogen-bond acceptors (Lipinski definition) is 4. The number of hydrogen-bond donors (Lipinski definition) is 2. The molecule has 8 atom stereocenters. The molecule has 4 heteroatoms. The summed E-state index contributed by atoms with van der Waals surface area (Å²) in [5, 5.41) is 18.1. The molecule has 8 unspecified atom stereocenters. The third-order valence-electron chi connectivity index (χ3n) is 6.47. The zero-order valence-electron chi connectivity index (χ0n) is 12.4. The first-order valence-electron chi connectivity index (χ1n) is 8.00. The zero-order chi connectivity index (χ0) is 14.4. The minimum Gasteiger partial charge on any atom is -0.463 e. The molecule has 4 nitrogen and oxygen atoms in total. The monoisotopic (exact) mass is 282 g/mol. The van der Waals surface area contributed by atoms with E-state index in [2.05, 4.69) is 13.8 Å². The van der Waals surface area contributed by atoms with E-state index in [-0.39, 0.29) is 25.1 Å². The van der Waals surface area contributed by atoms with E-state index in [0.717, 1.165) is 30.6 Å². The average molecular weight is 282 g/mol. The number of carbonyl (C=O) groups is 1. The molecule has 0 aromatic rings. The average Bonchev–Trinajstić information content (AvgIpc) is 3.08. The Morgan fingerprint density at radius 3 is 2.60 bits per heavy atom. The van der Waals surface area contributed by atoms with Crippen molar-refractivity contribution in [2.24, 2.45) is 41.4 Å². The largest absolute Gasteiger partial charge is 0.463 e. The maximum atomic E-state index is 12.3. The first kappa shape index (κ1) is 14.3. The van der Waals surface area contributed by atoms with Crippen molar-refractivity contribution in [3.63, 3.8) is 0 Å². The fraction of sp³-hybridized carbons (Fsp3) is 0.938. The molecule has 0 heterocycles. The van der Waals surface area contributed by atoms with Crippen LogP contribution >= 0.6 is 0 Å². The molecule has 3 saturated carbocycles. The molecule has 2 N–H and O–H groups in total. The lowest BCUT2D eigenvalue weighted by Gasteiger charge is -2.36. The highest BCUT2D eigenvalue weighted by Crippen LogP contribution is 2.64. The van der Waals surface area contributed by atoms with Crippen molar-refractivity contribution in [3.8, 4) is 0 Å². The Kier molecular flexibility index (Phi) is 3.80. The van der Waals surface area contributed by atoms with Crippen LogP contribution in [0.25, 0.3) is 0 Å². The van der Waals surface area contributed by atoms with Crippen LogP contribution in [0.4, 0.5) is 0 Å². The minimum absolute atomic E-state index is 0.0239. The molecule has 0 saturated heterocycles. The van der Waals surface area contributed by atoms with Gasteiger partial charge in [-0.25, -0.2) is 0 Å². The number of aliphatic hydroxyl groups is 2. The van der Waals surface area contributed by atoms with Gasteiger partial charge in [0.25, 0.3) is 0 Å². The lowest BCUT2D eigenvalue weighted by Crippen LogP contribution is -2.35. The van der Waals surface area contributed by atoms with Gasteiger partial charge in [-0.05, 0) is 54.8 Å². The van der Waals surface area contributed by atoms with Gasteiger partial charge in [-0.3, -0.25) is 4.79 Å². The second kappa shape index (κ2) is 5.30. The third kappa shape index (κ3) is 2.08. The molecule has 0 amide bonds. The Morgan fingerprint density at radius 2 is 1.90 bits per heavy atom. The van der Waals surface area contributed by atoms with Crippen molar-refractivity contribution < 1.29 is 19.7 Å². The van der Waals surface area contributed by atoms with Crippen LogP contribution in [0.15, 0.2) is 0 Å². The quantitative estimate of drug-likeness (QED) is 0.766. The fourth-order valence-electron chi connectivity index (χ4n) is 5.38. The predicted molar refractivity (Wildman–Crippen MR) is 73.7 cm³/mol. The smallest absolute Gasteiger partial charge is 0.309 e. The number of ether oxygens (including phenoxy) is 1. The van der Waals surface area contributed by atoms with E-state index in [4.69, 9.17) is 9.84 Å². The summed E-state index contributed by atoms with van der Waals surface area (Å²) in [4.78, 5) is 12.3. The maximum Gasteiger partial charge on any atom is 0.309 e. The molecular weight excluding hydrogens is 256 g/mol. The Morgan fingerprint density at radius 1 is 1.20 bits per heavy atom. The van der Waals surface area contributed by atoms with Crippen LogP contribution in [0.1, 0.15) is 33.1 Å². The molecule has 3 fully saturated rings. The van der Waals surface area contributed by atoms with Crippen molar-refractivity contribution >= 4 is 5.97 Å². The van der Waals surface area contributed by atoms with Gasteiger partial charge in [0.15, 0.2) is 0 Å². The van der Waals surface area contributed by atoms with Gasteiger partial charge in [0.2, 0.25) is 0 Å². The second-order valence-electron chi connectivity index (χ2n) is 7.17. The zero-order valence-corrected chi connectivity index (χ0v) is 12.4.